The van der Waals surface area contributed by atoms with Gasteiger partial charge >= 0.3 is 12.4 Å². The van der Waals surface area contributed by atoms with E-state index >= 15 is 13.2 Å². The Labute approximate surface area is 509 Å². The summed E-state index contributed by atoms with van der Waals surface area (Å²) in [7, 11) is 0. The van der Waals surface area contributed by atoms with Crippen molar-refractivity contribution in [2.45, 2.75) is 12.4 Å². The number of benzene rings is 11. The molecule has 15 rings (SSSR count). The van der Waals surface area contributed by atoms with Crippen molar-refractivity contribution < 1.29 is 26.3 Å². The largest absolute Gasteiger partial charge is 0.417 e. The third-order valence-corrected chi connectivity index (χ3v) is 16.1. The Hall–Kier alpha value is -11.9. The second-order valence-corrected chi connectivity index (χ2v) is 21.6. The fourth-order valence-corrected chi connectivity index (χ4v) is 12.0. The van der Waals surface area contributed by atoms with Gasteiger partial charge in [-0.05, 0) is 108 Å². The van der Waals surface area contributed by atoms with Crippen LogP contribution >= 0.6 is 0 Å². The third kappa shape index (κ3) is 9.82. The molecule has 0 aliphatic heterocycles. The molecular weight excluding hydrogens is 1140 g/mol. The average molecular weight is 1180 g/mol. The number of halogens is 6. The zero-order chi connectivity index (χ0) is 61.3. The SMILES string of the molecule is N#Cc1ccc(-n2c3ccccc3c3cc(-c4nc(-c5ccccc5)nc(-c5ccccc5)n4)ccc32)c(-c2cc(-n3c4ccccc4c4cc(-c5nc(-c6ccccc6)nc(-c6ccccc6)n5)ccc43)ccc2-c2ccc(C(F)(F)F)cc2C(F)(F)F)c1. The van der Waals surface area contributed by atoms with Gasteiger partial charge < -0.3 is 9.13 Å². The number of hydrogen-bond donors (Lipinski definition) is 0. The van der Waals surface area contributed by atoms with E-state index in [1.165, 1.54) is 6.07 Å². The van der Waals surface area contributed by atoms with Crippen molar-refractivity contribution >= 4 is 43.6 Å². The summed E-state index contributed by atoms with van der Waals surface area (Å²) in [5.41, 5.74) is 5.68. The molecule has 430 valence electrons. The number of para-hydroxylation sites is 2. The van der Waals surface area contributed by atoms with Crippen LogP contribution in [0.5, 0.6) is 0 Å². The Morgan fingerprint density at radius 2 is 0.711 bits per heavy atom. The summed E-state index contributed by atoms with van der Waals surface area (Å²) in [5, 5.41) is 13.9. The summed E-state index contributed by atoms with van der Waals surface area (Å²) in [5.74, 6) is 2.76. The Morgan fingerprint density at radius 1 is 0.300 bits per heavy atom. The predicted octanol–water partition coefficient (Wildman–Crippen LogP) is 19.5. The summed E-state index contributed by atoms with van der Waals surface area (Å²) < 4.78 is 93.9. The molecule has 11 aromatic carbocycles. The Balaban J connectivity index is 0.953. The number of nitrogens with zero attached hydrogens (tertiary/aromatic N) is 9. The number of rotatable bonds is 10. The maximum absolute atomic E-state index is 15.6. The predicted molar refractivity (Wildman–Crippen MR) is 340 cm³/mol. The molecule has 0 saturated carbocycles. The molecule has 90 heavy (non-hydrogen) atoms. The van der Waals surface area contributed by atoms with Crippen molar-refractivity contribution in [3.05, 3.63) is 278 Å². The summed E-state index contributed by atoms with van der Waals surface area (Å²) in [6.07, 6.45) is -10.3. The molecule has 0 atom stereocenters. The Kier molecular flexibility index (Phi) is 13.3. The normalized spacial score (nSPS) is 11.9. The minimum atomic E-state index is -5.23. The maximum atomic E-state index is 15.6. The molecule has 0 saturated heterocycles. The van der Waals surface area contributed by atoms with Gasteiger partial charge in [0.25, 0.3) is 0 Å². The van der Waals surface area contributed by atoms with Gasteiger partial charge in [-0.3, -0.25) is 0 Å². The van der Waals surface area contributed by atoms with Crippen LogP contribution in [0.15, 0.2) is 261 Å². The first-order valence-corrected chi connectivity index (χ1v) is 28.6. The van der Waals surface area contributed by atoms with Crippen LogP contribution in [0.2, 0.25) is 0 Å². The van der Waals surface area contributed by atoms with Gasteiger partial charge in [0.2, 0.25) is 0 Å². The average Bonchev–Trinajstić information content (AvgIpc) is 1.54. The van der Waals surface area contributed by atoms with E-state index in [2.05, 4.69) is 6.07 Å². The second kappa shape index (κ2) is 21.8. The Bertz CT molecular complexity index is 5230. The van der Waals surface area contributed by atoms with Gasteiger partial charge in [0, 0.05) is 66.2 Å². The molecule has 0 unspecified atom stereocenters. The van der Waals surface area contributed by atoms with Crippen molar-refractivity contribution in [2.75, 3.05) is 0 Å². The smallest absolute Gasteiger partial charge is 0.309 e. The van der Waals surface area contributed by atoms with Gasteiger partial charge in [-0.1, -0.05) is 170 Å². The lowest BCUT2D eigenvalue weighted by atomic mass is 9.88. The van der Waals surface area contributed by atoms with Crippen molar-refractivity contribution in [3.8, 4) is 108 Å². The zero-order valence-corrected chi connectivity index (χ0v) is 47.1. The summed E-state index contributed by atoms with van der Waals surface area (Å²) >= 11 is 0. The van der Waals surface area contributed by atoms with Crippen LogP contribution in [0.25, 0.3) is 146 Å². The highest BCUT2D eigenvalue weighted by molar-refractivity contribution is 6.12. The summed E-state index contributed by atoms with van der Waals surface area (Å²) in [6, 6.07) is 79.5. The van der Waals surface area contributed by atoms with E-state index in [4.69, 9.17) is 29.9 Å². The molecule has 0 fully saturated rings. The Morgan fingerprint density at radius 3 is 1.17 bits per heavy atom. The van der Waals surface area contributed by atoms with Gasteiger partial charge in [0.1, 0.15) is 0 Å². The topological polar surface area (TPSA) is 111 Å². The van der Waals surface area contributed by atoms with E-state index < -0.39 is 29.0 Å². The monoisotopic (exact) mass is 1180 g/mol. The van der Waals surface area contributed by atoms with E-state index in [0.717, 1.165) is 60.9 Å². The summed E-state index contributed by atoms with van der Waals surface area (Å²) in [4.78, 5) is 29.8. The molecule has 15 heteroatoms. The highest BCUT2D eigenvalue weighted by Gasteiger charge is 2.39. The van der Waals surface area contributed by atoms with Crippen LogP contribution in [0.1, 0.15) is 16.7 Å². The zero-order valence-electron chi connectivity index (χ0n) is 47.1. The quantitative estimate of drug-likeness (QED) is 0.125. The fraction of sp³-hybridized carbons (Fsp3) is 0.0267. The molecule has 0 aliphatic carbocycles. The first-order valence-electron chi connectivity index (χ1n) is 28.6. The van der Waals surface area contributed by atoms with E-state index in [-0.39, 0.29) is 22.8 Å². The first-order chi connectivity index (χ1) is 43.8. The van der Waals surface area contributed by atoms with Crippen LogP contribution in [-0.2, 0) is 12.4 Å². The van der Waals surface area contributed by atoms with Gasteiger partial charge in [0.05, 0.1) is 50.5 Å². The molecule has 0 bridgehead atoms. The molecule has 0 N–H and O–H groups in total. The maximum Gasteiger partial charge on any atom is 0.417 e. The molecule has 0 aliphatic rings. The highest BCUT2D eigenvalue weighted by atomic mass is 19.4. The van der Waals surface area contributed by atoms with Crippen molar-refractivity contribution in [3.63, 3.8) is 0 Å². The molecule has 9 nitrogen and oxygen atoms in total. The van der Waals surface area contributed by atoms with Gasteiger partial charge in [0.15, 0.2) is 34.9 Å². The number of aromatic nitrogens is 8. The lowest BCUT2D eigenvalue weighted by Crippen LogP contribution is -2.12. The molecule has 0 spiro atoms. The second-order valence-electron chi connectivity index (χ2n) is 21.6. The summed E-state index contributed by atoms with van der Waals surface area (Å²) in [6.45, 7) is 0. The van der Waals surface area contributed by atoms with Crippen molar-refractivity contribution in [2.24, 2.45) is 0 Å². The van der Waals surface area contributed by atoms with Crippen LogP contribution in [0.4, 0.5) is 26.3 Å². The van der Waals surface area contributed by atoms with Gasteiger partial charge in [-0.15, -0.1) is 0 Å². The lowest BCUT2D eigenvalue weighted by Gasteiger charge is -2.22. The van der Waals surface area contributed by atoms with Crippen LogP contribution < -0.4 is 0 Å². The van der Waals surface area contributed by atoms with E-state index in [9.17, 15) is 18.4 Å². The number of fused-ring (bicyclic) bond motifs is 6. The van der Waals surface area contributed by atoms with Gasteiger partial charge in [-0.25, -0.2) is 29.9 Å². The van der Waals surface area contributed by atoms with Crippen LogP contribution in [0.3, 0.4) is 0 Å². The molecular formula is C75H43F6N9. The van der Waals surface area contributed by atoms with Crippen LogP contribution in [0, 0.1) is 11.3 Å². The van der Waals surface area contributed by atoms with Gasteiger partial charge in [-0.2, -0.15) is 31.6 Å². The number of nitriles is 1. The van der Waals surface area contributed by atoms with E-state index in [0.29, 0.717) is 80.1 Å². The molecule has 4 aromatic heterocycles. The minimum Gasteiger partial charge on any atom is -0.309 e. The van der Waals surface area contributed by atoms with Crippen molar-refractivity contribution in [1.82, 2.24) is 39.0 Å². The minimum absolute atomic E-state index is 0.0289. The molecule has 4 heterocycles. The third-order valence-electron chi connectivity index (χ3n) is 16.1. The molecule has 0 amide bonds. The van der Waals surface area contributed by atoms with Crippen LogP contribution in [-0.4, -0.2) is 39.0 Å². The van der Waals surface area contributed by atoms with Crippen molar-refractivity contribution in [1.29, 1.82) is 5.26 Å². The fourth-order valence-electron chi connectivity index (χ4n) is 12.0. The number of hydrogen-bond acceptors (Lipinski definition) is 7. The van der Waals surface area contributed by atoms with E-state index in [1.807, 2.05) is 215 Å². The standard InChI is InChI=1S/C75H43F6N9/c76-74(77,78)52-32-34-55(62(42-52)75(79,80)81)54-35-33-53(89-63-27-15-13-25-56(63)60-40-50(30-37-65(60)89)72-85-68(46-17-5-1-6-18-46)83-69(86-72)47-19-7-2-8-20-47)43-58(54)59-39-45(44-82)29-36-66(59)90-64-28-16-14-26-57(64)61-41-51(31-38-67(61)90)73-87-70(48-21-9-3-10-22-48)84-71(88-73)49-23-11-4-12-24-49/h1-43H. The molecule has 0 radical (unpaired) electrons. The number of alkyl halides is 6. The lowest BCUT2D eigenvalue weighted by molar-refractivity contribution is -0.142. The first kappa shape index (κ1) is 54.7. The highest BCUT2D eigenvalue weighted by Crippen LogP contribution is 2.48. The van der Waals surface area contributed by atoms with E-state index in [1.54, 1.807) is 30.3 Å². The molecule has 15 aromatic rings.